The van der Waals surface area contributed by atoms with Crippen molar-refractivity contribution in [1.82, 2.24) is 0 Å². The maximum Gasteiger partial charge on any atom is 0.232 e. The number of nitrogens with zero attached hydrogens (tertiary/aromatic N) is 1. The highest BCUT2D eigenvalue weighted by Crippen LogP contribution is 2.45. The molecule has 1 heterocycles. The van der Waals surface area contributed by atoms with Crippen LogP contribution in [0.2, 0.25) is 0 Å². The fourth-order valence-corrected chi connectivity index (χ4v) is 3.41. The van der Waals surface area contributed by atoms with Gasteiger partial charge >= 0.3 is 0 Å². The Hall–Kier alpha value is -2.61. The van der Waals surface area contributed by atoms with Gasteiger partial charge in [-0.15, -0.1) is 0 Å². The molecule has 1 aliphatic rings. The van der Waals surface area contributed by atoms with Gasteiger partial charge in [0.2, 0.25) is 5.91 Å². The summed E-state index contributed by atoms with van der Waals surface area (Å²) in [6.07, 6.45) is 0. The summed E-state index contributed by atoms with van der Waals surface area (Å²) in [7, 11) is 0. The van der Waals surface area contributed by atoms with Crippen molar-refractivity contribution in [3.8, 4) is 0 Å². The van der Waals surface area contributed by atoms with Gasteiger partial charge in [0.1, 0.15) is 0 Å². The first-order valence-electron chi connectivity index (χ1n) is 7.63. The van der Waals surface area contributed by atoms with Crippen molar-refractivity contribution in [1.29, 1.82) is 0 Å². The van der Waals surface area contributed by atoms with Gasteiger partial charge in [-0.3, -0.25) is 4.79 Å². The Bertz CT molecular complexity index is 835. The monoisotopic (exact) mass is 287 g/mol. The van der Waals surface area contributed by atoms with E-state index in [1.807, 2.05) is 54.3 Å². The molecule has 2 nitrogen and oxygen atoms in total. The lowest BCUT2D eigenvalue weighted by Gasteiger charge is -2.46. The number of benzene rings is 3. The predicted octanol–water partition coefficient (Wildman–Crippen LogP) is 4.56. The van der Waals surface area contributed by atoms with E-state index in [9.17, 15) is 4.79 Å². The number of rotatable bonds is 2. The highest BCUT2D eigenvalue weighted by atomic mass is 16.2. The van der Waals surface area contributed by atoms with Gasteiger partial charge in [-0.1, -0.05) is 73.7 Å². The predicted molar refractivity (Wildman–Crippen MR) is 89.8 cm³/mol. The Morgan fingerprint density at radius 3 is 2.32 bits per heavy atom. The van der Waals surface area contributed by atoms with E-state index >= 15 is 0 Å². The molecule has 0 N–H and O–H groups in total. The minimum absolute atomic E-state index is 0.0290. The molecule has 0 aromatic heterocycles. The van der Waals surface area contributed by atoms with Crippen LogP contribution in [0, 0.1) is 5.92 Å². The molecule has 1 fully saturated rings. The average molecular weight is 287 g/mol. The molecular weight excluding hydrogens is 270 g/mol. The van der Waals surface area contributed by atoms with E-state index in [0.29, 0.717) is 0 Å². The molecule has 0 radical (unpaired) electrons. The lowest BCUT2D eigenvalue weighted by atomic mass is 9.83. The summed E-state index contributed by atoms with van der Waals surface area (Å²) in [5.41, 5.74) is 2.21. The standard InChI is InChI=1S/C20H17NO/c1-14-19(16-9-3-2-4-10-16)21(20(14)22)18-13-7-11-15-8-5-6-12-17(15)18/h2-14,19H,1H3/t14-,19-/m0/s1. The molecule has 0 bridgehead atoms. The third-order valence-corrected chi connectivity index (χ3v) is 4.55. The SMILES string of the molecule is C[C@@H]1C(=O)N(c2cccc3ccccc23)[C@@H]1c1ccccc1. The molecule has 22 heavy (non-hydrogen) atoms. The molecule has 1 aliphatic heterocycles. The van der Waals surface area contributed by atoms with Crippen LogP contribution in [0.25, 0.3) is 10.8 Å². The van der Waals surface area contributed by atoms with Crippen LogP contribution in [-0.2, 0) is 4.79 Å². The quantitative estimate of drug-likeness (QED) is 0.632. The molecule has 0 saturated carbocycles. The zero-order chi connectivity index (χ0) is 15.1. The average Bonchev–Trinajstić information content (AvgIpc) is 2.59. The Balaban J connectivity index is 1.85. The van der Waals surface area contributed by atoms with Crippen molar-refractivity contribution in [3.05, 3.63) is 78.4 Å². The number of anilines is 1. The topological polar surface area (TPSA) is 20.3 Å². The van der Waals surface area contributed by atoms with Gasteiger partial charge < -0.3 is 4.90 Å². The third kappa shape index (κ3) is 1.84. The lowest BCUT2D eigenvalue weighted by Crippen LogP contribution is -2.54. The van der Waals surface area contributed by atoms with Gasteiger partial charge in [-0.2, -0.15) is 0 Å². The summed E-state index contributed by atoms with van der Waals surface area (Å²) in [5, 5.41) is 2.30. The highest BCUT2D eigenvalue weighted by Gasteiger charge is 2.46. The molecule has 0 unspecified atom stereocenters. The van der Waals surface area contributed by atoms with Gasteiger partial charge in [-0.25, -0.2) is 0 Å². The van der Waals surface area contributed by atoms with Gasteiger partial charge in [-0.05, 0) is 17.0 Å². The van der Waals surface area contributed by atoms with Gasteiger partial charge in [0.25, 0.3) is 0 Å². The van der Waals surface area contributed by atoms with E-state index in [-0.39, 0.29) is 17.9 Å². The van der Waals surface area contributed by atoms with E-state index in [2.05, 4.69) is 30.3 Å². The van der Waals surface area contributed by atoms with Crippen LogP contribution in [0.1, 0.15) is 18.5 Å². The van der Waals surface area contributed by atoms with Crippen LogP contribution in [0.3, 0.4) is 0 Å². The molecule has 108 valence electrons. The second-order valence-electron chi connectivity index (χ2n) is 5.85. The molecule has 2 atom stereocenters. The van der Waals surface area contributed by atoms with E-state index in [1.54, 1.807) is 0 Å². The van der Waals surface area contributed by atoms with E-state index in [4.69, 9.17) is 0 Å². The molecule has 3 aromatic rings. The largest absolute Gasteiger partial charge is 0.303 e. The first kappa shape index (κ1) is 13.1. The van der Waals surface area contributed by atoms with Crippen molar-refractivity contribution < 1.29 is 4.79 Å². The fraction of sp³-hybridized carbons (Fsp3) is 0.150. The summed E-state index contributed by atoms with van der Waals surface area (Å²) < 4.78 is 0. The second-order valence-corrected chi connectivity index (χ2v) is 5.85. The van der Waals surface area contributed by atoms with Crippen molar-refractivity contribution in [3.63, 3.8) is 0 Å². The number of hydrogen-bond acceptors (Lipinski definition) is 1. The maximum atomic E-state index is 12.5. The van der Waals surface area contributed by atoms with Crippen molar-refractivity contribution in [2.75, 3.05) is 4.90 Å². The molecular formula is C20H17NO. The first-order valence-corrected chi connectivity index (χ1v) is 7.63. The van der Waals surface area contributed by atoms with E-state index < -0.39 is 0 Å². The van der Waals surface area contributed by atoms with Crippen LogP contribution in [0.5, 0.6) is 0 Å². The Morgan fingerprint density at radius 1 is 0.818 bits per heavy atom. The van der Waals surface area contributed by atoms with Gasteiger partial charge in [0.05, 0.1) is 17.6 Å². The fourth-order valence-electron chi connectivity index (χ4n) is 3.41. The first-order chi connectivity index (χ1) is 10.8. The molecule has 1 saturated heterocycles. The van der Waals surface area contributed by atoms with Crippen LogP contribution in [0.4, 0.5) is 5.69 Å². The summed E-state index contributed by atoms with van der Waals surface area (Å²) in [5.74, 6) is 0.228. The number of carbonyl (C=O) groups is 1. The molecule has 0 spiro atoms. The van der Waals surface area contributed by atoms with Crippen molar-refractivity contribution in [2.45, 2.75) is 13.0 Å². The summed E-state index contributed by atoms with van der Waals surface area (Å²) in [4.78, 5) is 14.5. The van der Waals surface area contributed by atoms with Crippen LogP contribution < -0.4 is 4.90 Å². The second kappa shape index (κ2) is 4.99. The summed E-state index contributed by atoms with van der Waals surface area (Å²) in [6, 6.07) is 24.8. The Labute approximate surface area is 130 Å². The molecule has 2 heteroatoms. The van der Waals surface area contributed by atoms with Crippen molar-refractivity contribution in [2.24, 2.45) is 5.92 Å². The van der Waals surface area contributed by atoms with Gasteiger partial charge in [0.15, 0.2) is 0 Å². The van der Waals surface area contributed by atoms with Crippen LogP contribution >= 0.6 is 0 Å². The normalized spacial score (nSPS) is 21.0. The van der Waals surface area contributed by atoms with E-state index in [0.717, 1.165) is 11.1 Å². The number of β-lactam (4-membered cyclic amide) rings is 1. The zero-order valence-electron chi connectivity index (χ0n) is 12.4. The molecule has 1 amide bonds. The van der Waals surface area contributed by atoms with E-state index in [1.165, 1.54) is 10.9 Å². The molecule has 3 aromatic carbocycles. The van der Waals surface area contributed by atoms with Crippen LogP contribution in [0.15, 0.2) is 72.8 Å². The number of amides is 1. The highest BCUT2D eigenvalue weighted by molar-refractivity contribution is 6.09. The van der Waals surface area contributed by atoms with Crippen LogP contribution in [-0.4, -0.2) is 5.91 Å². The lowest BCUT2D eigenvalue weighted by molar-refractivity contribution is -0.129. The maximum absolute atomic E-state index is 12.5. The molecule has 4 rings (SSSR count). The minimum atomic E-state index is 0.0290. The third-order valence-electron chi connectivity index (χ3n) is 4.55. The Morgan fingerprint density at radius 2 is 1.50 bits per heavy atom. The Kier molecular flexibility index (Phi) is 2.97. The minimum Gasteiger partial charge on any atom is -0.303 e. The van der Waals surface area contributed by atoms with Gasteiger partial charge in [0, 0.05) is 5.39 Å². The smallest absolute Gasteiger partial charge is 0.232 e. The summed E-state index contributed by atoms with van der Waals surface area (Å²) in [6.45, 7) is 2.02. The number of hydrogen-bond donors (Lipinski definition) is 0. The summed E-state index contributed by atoms with van der Waals surface area (Å²) >= 11 is 0. The number of fused-ring (bicyclic) bond motifs is 1. The zero-order valence-corrected chi connectivity index (χ0v) is 12.4. The number of carbonyl (C=O) groups excluding carboxylic acids is 1. The van der Waals surface area contributed by atoms with Crippen molar-refractivity contribution >= 4 is 22.4 Å². The molecule has 0 aliphatic carbocycles.